The lowest BCUT2D eigenvalue weighted by molar-refractivity contribution is 0.0745. The van der Waals surface area contributed by atoms with Crippen molar-refractivity contribution in [1.29, 1.82) is 0 Å². The molecular weight excluding hydrogens is 226 g/mol. The highest BCUT2D eigenvalue weighted by molar-refractivity contribution is 5.94. The zero-order valence-corrected chi connectivity index (χ0v) is 11.7. The van der Waals surface area contributed by atoms with Gasteiger partial charge in [0.25, 0.3) is 5.91 Å². The second-order valence-electron chi connectivity index (χ2n) is 4.70. The molecule has 0 saturated heterocycles. The predicted octanol–water partition coefficient (Wildman–Crippen LogP) is 2.63. The molecule has 4 nitrogen and oxygen atoms in total. The molecule has 1 aromatic rings. The van der Waals surface area contributed by atoms with Crippen LogP contribution in [0.3, 0.4) is 0 Å². The molecule has 0 spiro atoms. The van der Waals surface area contributed by atoms with Crippen LogP contribution in [0.1, 0.15) is 38.1 Å². The Hall–Kier alpha value is -1.58. The van der Waals surface area contributed by atoms with E-state index in [9.17, 15) is 4.79 Å². The SMILES string of the molecule is CCNc1cc(C(=O)N(CC)CC(C)C)ccn1. The average Bonchev–Trinajstić information content (AvgIpc) is 2.35. The van der Waals surface area contributed by atoms with E-state index in [1.807, 2.05) is 24.8 Å². The highest BCUT2D eigenvalue weighted by atomic mass is 16.2. The second-order valence-corrected chi connectivity index (χ2v) is 4.70. The number of aromatic nitrogens is 1. The molecule has 0 aromatic carbocycles. The summed E-state index contributed by atoms with van der Waals surface area (Å²) in [5, 5.41) is 3.12. The van der Waals surface area contributed by atoms with Gasteiger partial charge in [0.2, 0.25) is 0 Å². The molecular formula is C14H23N3O. The summed E-state index contributed by atoms with van der Waals surface area (Å²) >= 11 is 0. The summed E-state index contributed by atoms with van der Waals surface area (Å²) < 4.78 is 0. The van der Waals surface area contributed by atoms with Gasteiger partial charge in [-0.15, -0.1) is 0 Å². The van der Waals surface area contributed by atoms with E-state index in [-0.39, 0.29) is 5.91 Å². The quantitative estimate of drug-likeness (QED) is 0.843. The maximum absolute atomic E-state index is 12.3. The summed E-state index contributed by atoms with van der Waals surface area (Å²) in [6.07, 6.45) is 1.68. The lowest BCUT2D eigenvalue weighted by atomic mass is 10.1. The smallest absolute Gasteiger partial charge is 0.254 e. The maximum atomic E-state index is 12.3. The standard InChI is InChI=1S/C14H23N3O/c1-5-15-13-9-12(7-8-16-13)14(18)17(6-2)10-11(3)4/h7-9,11H,5-6,10H2,1-4H3,(H,15,16). The molecule has 0 bridgehead atoms. The van der Waals surface area contributed by atoms with Gasteiger partial charge in [0.05, 0.1) is 0 Å². The molecule has 100 valence electrons. The van der Waals surface area contributed by atoms with E-state index in [1.54, 1.807) is 12.3 Å². The van der Waals surface area contributed by atoms with Crippen molar-refractivity contribution in [2.24, 2.45) is 5.92 Å². The highest BCUT2D eigenvalue weighted by Crippen LogP contribution is 2.11. The topological polar surface area (TPSA) is 45.2 Å². The Morgan fingerprint density at radius 3 is 2.72 bits per heavy atom. The molecule has 0 aliphatic carbocycles. The zero-order chi connectivity index (χ0) is 13.5. The van der Waals surface area contributed by atoms with Crippen LogP contribution >= 0.6 is 0 Å². The van der Waals surface area contributed by atoms with Crippen LogP contribution < -0.4 is 5.32 Å². The van der Waals surface area contributed by atoms with Gasteiger partial charge in [-0.3, -0.25) is 4.79 Å². The first-order chi connectivity index (χ1) is 8.58. The number of amides is 1. The summed E-state index contributed by atoms with van der Waals surface area (Å²) in [5.41, 5.74) is 0.698. The fourth-order valence-corrected chi connectivity index (χ4v) is 1.82. The van der Waals surface area contributed by atoms with Crippen molar-refractivity contribution in [3.63, 3.8) is 0 Å². The number of nitrogens with zero attached hydrogens (tertiary/aromatic N) is 2. The Kier molecular flexibility index (Phi) is 5.62. The van der Waals surface area contributed by atoms with E-state index in [0.717, 1.165) is 25.5 Å². The largest absolute Gasteiger partial charge is 0.370 e. The Labute approximate surface area is 109 Å². The van der Waals surface area contributed by atoms with Gasteiger partial charge < -0.3 is 10.2 Å². The lowest BCUT2D eigenvalue weighted by Gasteiger charge is -2.23. The van der Waals surface area contributed by atoms with E-state index in [4.69, 9.17) is 0 Å². The fourth-order valence-electron chi connectivity index (χ4n) is 1.82. The number of nitrogens with one attached hydrogen (secondary N) is 1. The monoisotopic (exact) mass is 249 g/mol. The van der Waals surface area contributed by atoms with Crippen molar-refractivity contribution in [1.82, 2.24) is 9.88 Å². The Morgan fingerprint density at radius 1 is 1.44 bits per heavy atom. The summed E-state index contributed by atoms with van der Waals surface area (Å²) in [4.78, 5) is 18.4. The van der Waals surface area contributed by atoms with Crippen LogP contribution in [0.5, 0.6) is 0 Å². The molecule has 18 heavy (non-hydrogen) atoms. The number of carbonyl (C=O) groups is 1. The van der Waals surface area contributed by atoms with Gasteiger partial charge in [0, 0.05) is 31.4 Å². The normalized spacial score (nSPS) is 10.5. The Morgan fingerprint density at radius 2 is 2.17 bits per heavy atom. The molecule has 4 heteroatoms. The molecule has 0 radical (unpaired) electrons. The van der Waals surface area contributed by atoms with Crippen molar-refractivity contribution in [2.45, 2.75) is 27.7 Å². The number of anilines is 1. The van der Waals surface area contributed by atoms with E-state index in [0.29, 0.717) is 11.5 Å². The number of pyridine rings is 1. The summed E-state index contributed by atoms with van der Waals surface area (Å²) in [5.74, 6) is 1.31. The molecule has 0 fully saturated rings. The van der Waals surface area contributed by atoms with Crippen molar-refractivity contribution in [3.05, 3.63) is 23.9 Å². The number of hydrogen-bond acceptors (Lipinski definition) is 3. The van der Waals surface area contributed by atoms with Crippen LogP contribution in [0.15, 0.2) is 18.3 Å². The maximum Gasteiger partial charge on any atom is 0.254 e. The summed E-state index contributed by atoms with van der Waals surface area (Å²) in [6.45, 7) is 10.6. The van der Waals surface area contributed by atoms with Gasteiger partial charge in [0.15, 0.2) is 0 Å². The third kappa shape index (κ3) is 4.02. The zero-order valence-electron chi connectivity index (χ0n) is 11.7. The van der Waals surface area contributed by atoms with Crippen LogP contribution in [-0.2, 0) is 0 Å². The molecule has 1 amide bonds. The molecule has 0 atom stereocenters. The van der Waals surface area contributed by atoms with Crippen LogP contribution in [-0.4, -0.2) is 35.4 Å². The first kappa shape index (κ1) is 14.5. The Bertz CT molecular complexity index is 390. The van der Waals surface area contributed by atoms with Crippen LogP contribution in [0.25, 0.3) is 0 Å². The fraction of sp³-hybridized carbons (Fsp3) is 0.571. The number of hydrogen-bond donors (Lipinski definition) is 1. The minimum Gasteiger partial charge on any atom is -0.370 e. The van der Waals surface area contributed by atoms with E-state index < -0.39 is 0 Å². The van der Waals surface area contributed by atoms with Gasteiger partial charge in [-0.2, -0.15) is 0 Å². The third-order valence-electron chi connectivity index (χ3n) is 2.62. The van der Waals surface area contributed by atoms with Gasteiger partial charge in [-0.05, 0) is 31.9 Å². The minimum atomic E-state index is 0.0766. The van der Waals surface area contributed by atoms with E-state index in [2.05, 4.69) is 24.1 Å². The minimum absolute atomic E-state index is 0.0766. The first-order valence-electron chi connectivity index (χ1n) is 6.57. The van der Waals surface area contributed by atoms with Gasteiger partial charge in [0.1, 0.15) is 5.82 Å². The molecule has 0 aliphatic heterocycles. The van der Waals surface area contributed by atoms with Crippen LogP contribution in [0.4, 0.5) is 5.82 Å². The molecule has 1 rings (SSSR count). The molecule has 0 saturated carbocycles. The van der Waals surface area contributed by atoms with Crippen molar-refractivity contribution >= 4 is 11.7 Å². The lowest BCUT2D eigenvalue weighted by Crippen LogP contribution is -2.34. The highest BCUT2D eigenvalue weighted by Gasteiger charge is 2.15. The first-order valence-corrected chi connectivity index (χ1v) is 6.57. The van der Waals surface area contributed by atoms with Crippen molar-refractivity contribution in [2.75, 3.05) is 25.0 Å². The third-order valence-corrected chi connectivity index (χ3v) is 2.62. The van der Waals surface area contributed by atoms with E-state index in [1.165, 1.54) is 0 Å². The molecule has 1 N–H and O–H groups in total. The predicted molar refractivity (Wildman–Crippen MR) is 74.8 cm³/mol. The van der Waals surface area contributed by atoms with Crippen LogP contribution in [0, 0.1) is 5.92 Å². The molecule has 0 unspecified atom stereocenters. The van der Waals surface area contributed by atoms with Gasteiger partial charge in [-0.1, -0.05) is 13.8 Å². The van der Waals surface area contributed by atoms with Crippen molar-refractivity contribution in [3.8, 4) is 0 Å². The van der Waals surface area contributed by atoms with Crippen molar-refractivity contribution < 1.29 is 4.79 Å². The van der Waals surface area contributed by atoms with Gasteiger partial charge >= 0.3 is 0 Å². The Balaban J connectivity index is 2.84. The second kappa shape index (κ2) is 6.99. The number of carbonyl (C=O) groups excluding carboxylic acids is 1. The molecule has 0 aliphatic rings. The van der Waals surface area contributed by atoms with E-state index >= 15 is 0 Å². The molecule has 1 heterocycles. The van der Waals surface area contributed by atoms with Gasteiger partial charge in [-0.25, -0.2) is 4.98 Å². The average molecular weight is 249 g/mol. The summed E-state index contributed by atoms with van der Waals surface area (Å²) in [6, 6.07) is 3.58. The van der Waals surface area contributed by atoms with Crippen LogP contribution in [0.2, 0.25) is 0 Å². The summed E-state index contributed by atoms with van der Waals surface area (Å²) in [7, 11) is 0. The molecule has 1 aromatic heterocycles. The number of rotatable bonds is 6.